The number of anilines is 1. The monoisotopic (exact) mass is 419 g/mol. The second-order valence-electron chi connectivity index (χ2n) is 6.54. The molecule has 0 unspecified atom stereocenters. The lowest BCUT2D eigenvalue weighted by Crippen LogP contribution is -2.23. The zero-order chi connectivity index (χ0) is 21.5. The fraction of sp³-hybridized carbons (Fsp3) is 0.0870. The lowest BCUT2D eigenvalue weighted by molar-refractivity contribution is 0.0696. The molecule has 0 saturated carbocycles. The predicted octanol–water partition coefficient (Wildman–Crippen LogP) is 4.45. The molecule has 3 aromatic rings. The third-order valence-corrected chi connectivity index (χ3v) is 4.66. The Morgan fingerprint density at radius 1 is 0.967 bits per heavy atom. The number of carboxylic acids is 1. The maximum absolute atomic E-state index is 12.4. The highest BCUT2D eigenvalue weighted by atomic mass is 35.5. The van der Waals surface area contributed by atoms with Crippen molar-refractivity contribution >= 4 is 29.2 Å². The maximum Gasteiger partial charge on any atom is 0.335 e. The third-order valence-electron chi connectivity index (χ3n) is 4.42. The van der Waals surface area contributed by atoms with Crippen LogP contribution in [-0.4, -0.2) is 17.0 Å². The molecule has 0 aromatic heterocycles. The van der Waals surface area contributed by atoms with Gasteiger partial charge in [0.2, 0.25) is 0 Å². The quantitative estimate of drug-likeness (QED) is 0.525. The molecule has 0 heterocycles. The van der Waals surface area contributed by atoms with Crippen LogP contribution in [0.25, 0.3) is 0 Å². The Morgan fingerprint density at radius 2 is 1.73 bits per heavy atom. The maximum atomic E-state index is 12.4. The van der Waals surface area contributed by atoms with Crippen LogP contribution in [0.15, 0.2) is 66.7 Å². The number of carbonyl (C=O) groups excluding carboxylic acids is 1. The van der Waals surface area contributed by atoms with E-state index in [1.54, 1.807) is 54.6 Å². The minimum atomic E-state index is -0.993. The number of amides is 1. The minimum absolute atomic E-state index is 0.203. The molecule has 3 N–H and O–H groups in total. The van der Waals surface area contributed by atoms with E-state index in [9.17, 15) is 14.9 Å². The van der Waals surface area contributed by atoms with E-state index in [-0.39, 0.29) is 18.0 Å². The summed E-state index contributed by atoms with van der Waals surface area (Å²) in [6.07, 6.45) is 0. The van der Waals surface area contributed by atoms with E-state index in [1.165, 1.54) is 6.07 Å². The number of carboxylic acid groups (broad SMARTS) is 1. The van der Waals surface area contributed by atoms with Crippen LogP contribution in [0.3, 0.4) is 0 Å². The molecule has 0 aliphatic carbocycles. The fourth-order valence-corrected chi connectivity index (χ4v) is 3.07. The van der Waals surface area contributed by atoms with Crippen molar-refractivity contribution in [3.63, 3.8) is 0 Å². The van der Waals surface area contributed by atoms with Gasteiger partial charge in [-0.1, -0.05) is 35.9 Å². The first-order valence-corrected chi connectivity index (χ1v) is 9.47. The largest absolute Gasteiger partial charge is 0.478 e. The van der Waals surface area contributed by atoms with Crippen LogP contribution < -0.4 is 10.6 Å². The number of benzene rings is 3. The average molecular weight is 420 g/mol. The van der Waals surface area contributed by atoms with E-state index in [1.807, 2.05) is 6.07 Å². The Labute approximate surface area is 178 Å². The lowest BCUT2D eigenvalue weighted by atomic mass is 10.1. The van der Waals surface area contributed by atoms with Gasteiger partial charge in [0.05, 0.1) is 17.2 Å². The van der Waals surface area contributed by atoms with Gasteiger partial charge in [0.1, 0.15) is 0 Å². The van der Waals surface area contributed by atoms with E-state index >= 15 is 0 Å². The molecule has 0 aliphatic rings. The summed E-state index contributed by atoms with van der Waals surface area (Å²) in [6.45, 7) is 0.611. The summed E-state index contributed by atoms with van der Waals surface area (Å²) in [6, 6.07) is 20.5. The third kappa shape index (κ3) is 5.37. The van der Waals surface area contributed by atoms with Gasteiger partial charge in [-0.05, 0) is 53.6 Å². The molecule has 0 spiro atoms. The van der Waals surface area contributed by atoms with E-state index < -0.39 is 5.97 Å². The molecule has 6 nitrogen and oxygen atoms in total. The normalized spacial score (nSPS) is 10.1. The van der Waals surface area contributed by atoms with Crippen molar-refractivity contribution in [2.75, 3.05) is 5.32 Å². The summed E-state index contributed by atoms with van der Waals surface area (Å²) >= 11 is 5.94. The molecular weight excluding hydrogens is 402 g/mol. The second kappa shape index (κ2) is 9.59. The van der Waals surface area contributed by atoms with Crippen molar-refractivity contribution in [2.24, 2.45) is 0 Å². The minimum Gasteiger partial charge on any atom is -0.478 e. The van der Waals surface area contributed by atoms with Crippen LogP contribution in [0, 0.1) is 11.3 Å². The zero-order valence-corrected chi connectivity index (χ0v) is 16.6. The number of hydrogen-bond acceptors (Lipinski definition) is 4. The van der Waals surface area contributed by atoms with Crippen molar-refractivity contribution in [2.45, 2.75) is 13.1 Å². The van der Waals surface area contributed by atoms with Gasteiger partial charge in [-0.15, -0.1) is 0 Å². The van der Waals surface area contributed by atoms with E-state index in [0.717, 1.165) is 11.1 Å². The molecule has 0 aliphatic heterocycles. The van der Waals surface area contributed by atoms with Crippen molar-refractivity contribution in [1.82, 2.24) is 5.32 Å². The highest BCUT2D eigenvalue weighted by Crippen LogP contribution is 2.20. The molecule has 0 bridgehead atoms. The molecule has 0 saturated heterocycles. The fourth-order valence-electron chi connectivity index (χ4n) is 2.88. The van der Waals surface area contributed by atoms with Gasteiger partial charge in [0.15, 0.2) is 0 Å². The van der Waals surface area contributed by atoms with E-state index in [4.69, 9.17) is 16.7 Å². The first kappa shape index (κ1) is 20.9. The summed E-state index contributed by atoms with van der Waals surface area (Å²) in [5.41, 5.74) is 3.39. The number of nitrogens with zero attached hydrogens (tertiary/aromatic N) is 1. The van der Waals surface area contributed by atoms with Crippen LogP contribution in [0.1, 0.15) is 37.4 Å². The molecule has 0 fully saturated rings. The van der Waals surface area contributed by atoms with Crippen LogP contribution in [0.4, 0.5) is 5.69 Å². The lowest BCUT2D eigenvalue weighted by Gasteiger charge is -2.14. The highest BCUT2D eigenvalue weighted by molar-refractivity contribution is 6.30. The van der Waals surface area contributed by atoms with Crippen molar-refractivity contribution in [1.29, 1.82) is 5.26 Å². The number of halogens is 1. The van der Waals surface area contributed by atoms with Crippen LogP contribution in [0.5, 0.6) is 0 Å². The molecule has 0 atom stereocenters. The van der Waals surface area contributed by atoms with Crippen LogP contribution >= 0.6 is 11.6 Å². The Morgan fingerprint density at radius 3 is 2.47 bits per heavy atom. The number of nitrogens with one attached hydrogen (secondary N) is 2. The summed E-state index contributed by atoms with van der Waals surface area (Å²) in [7, 11) is 0. The Kier molecular flexibility index (Phi) is 6.68. The smallest absolute Gasteiger partial charge is 0.335 e. The topological polar surface area (TPSA) is 102 Å². The van der Waals surface area contributed by atoms with E-state index in [0.29, 0.717) is 28.4 Å². The first-order valence-electron chi connectivity index (χ1n) is 9.09. The van der Waals surface area contributed by atoms with Gasteiger partial charge < -0.3 is 15.7 Å². The van der Waals surface area contributed by atoms with Crippen LogP contribution in [-0.2, 0) is 13.1 Å². The molecule has 1 amide bonds. The first-order chi connectivity index (χ1) is 14.5. The van der Waals surface area contributed by atoms with Gasteiger partial charge in [0, 0.05) is 29.4 Å². The summed E-state index contributed by atoms with van der Waals surface area (Å²) in [5, 5.41) is 24.9. The van der Waals surface area contributed by atoms with Crippen molar-refractivity contribution in [3.8, 4) is 6.07 Å². The van der Waals surface area contributed by atoms with Crippen molar-refractivity contribution in [3.05, 3.63) is 99.6 Å². The zero-order valence-electron chi connectivity index (χ0n) is 15.9. The molecule has 150 valence electrons. The molecule has 30 heavy (non-hydrogen) atoms. The molecular formula is C23H18ClN3O3. The predicted molar refractivity (Wildman–Crippen MR) is 115 cm³/mol. The van der Waals surface area contributed by atoms with Gasteiger partial charge in [0.25, 0.3) is 5.91 Å². The molecule has 0 radical (unpaired) electrons. The number of aromatic carboxylic acids is 1. The number of rotatable bonds is 7. The number of nitriles is 1. The Bertz CT molecular complexity index is 1140. The van der Waals surface area contributed by atoms with Crippen molar-refractivity contribution < 1.29 is 14.7 Å². The molecule has 3 aromatic carbocycles. The average Bonchev–Trinajstić information content (AvgIpc) is 2.76. The van der Waals surface area contributed by atoms with Gasteiger partial charge in [-0.3, -0.25) is 4.79 Å². The highest BCUT2D eigenvalue weighted by Gasteiger charge is 2.10. The molecule has 3 rings (SSSR count). The SMILES string of the molecule is N#Cc1ccc(CNC(=O)c2cccc(Cl)c2)c(NCc2cccc(C(=O)O)c2)c1. The standard InChI is InChI=1S/C23H18ClN3O3/c24-20-6-2-4-17(11-20)22(28)27-14-19-8-7-15(12-25)10-21(19)26-13-16-3-1-5-18(9-16)23(29)30/h1-11,26H,13-14H2,(H,27,28)(H,29,30). The summed E-state index contributed by atoms with van der Waals surface area (Å²) < 4.78 is 0. The van der Waals surface area contributed by atoms with Crippen LogP contribution in [0.2, 0.25) is 5.02 Å². The van der Waals surface area contributed by atoms with Gasteiger partial charge >= 0.3 is 5.97 Å². The van der Waals surface area contributed by atoms with Gasteiger partial charge in [-0.25, -0.2) is 4.79 Å². The Hall–Kier alpha value is -3.82. The molecule has 7 heteroatoms. The number of hydrogen-bond donors (Lipinski definition) is 3. The number of carbonyl (C=O) groups is 2. The second-order valence-corrected chi connectivity index (χ2v) is 6.97. The summed E-state index contributed by atoms with van der Waals surface area (Å²) in [5.74, 6) is -1.25. The van der Waals surface area contributed by atoms with E-state index in [2.05, 4.69) is 16.7 Å². The Balaban J connectivity index is 1.74. The summed E-state index contributed by atoms with van der Waals surface area (Å²) in [4.78, 5) is 23.5. The van der Waals surface area contributed by atoms with Gasteiger partial charge in [-0.2, -0.15) is 5.26 Å².